The Balaban J connectivity index is 2.16. The summed E-state index contributed by atoms with van der Waals surface area (Å²) in [6, 6.07) is 6.22. The highest BCUT2D eigenvalue weighted by atomic mass is 79.9. The third kappa shape index (κ3) is 3.28. The molecule has 1 aromatic heterocycles. The molecule has 0 aliphatic rings. The summed E-state index contributed by atoms with van der Waals surface area (Å²) in [5.74, 6) is -0.459. The zero-order valence-corrected chi connectivity index (χ0v) is 11.6. The number of rotatable bonds is 3. The molecule has 0 aliphatic heterocycles. The zero-order valence-electron chi connectivity index (χ0n) is 9.28. The van der Waals surface area contributed by atoms with Crippen molar-refractivity contribution in [2.24, 2.45) is 0 Å². The third-order valence-corrected chi connectivity index (χ3v) is 3.25. The average Bonchev–Trinajstić information content (AvgIpc) is 2.34. The van der Waals surface area contributed by atoms with Crippen LogP contribution < -0.4 is 0 Å². The molecule has 1 aromatic carbocycles. The molecule has 2 rings (SSSR count). The zero-order chi connectivity index (χ0) is 13.1. The normalized spacial score (nSPS) is 12.4. The molecule has 0 bridgehead atoms. The summed E-state index contributed by atoms with van der Waals surface area (Å²) < 4.78 is 13.8. The smallest absolute Gasteiger partial charge is 0.141 e. The lowest BCUT2D eigenvalue weighted by molar-refractivity contribution is 0.178. The molecule has 0 saturated carbocycles. The maximum atomic E-state index is 13.0. The Kier molecular flexibility index (Phi) is 4.32. The van der Waals surface area contributed by atoms with Gasteiger partial charge in [0.2, 0.25) is 0 Å². The number of hydrogen-bond acceptors (Lipinski definition) is 2. The Hall–Kier alpha value is -0.970. The van der Waals surface area contributed by atoms with Crippen LogP contribution in [0.2, 0.25) is 5.02 Å². The highest BCUT2D eigenvalue weighted by molar-refractivity contribution is 9.10. The Labute approximate surface area is 118 Å². The van der Waals surface area contributed by atoms with Gasteiger partial charge in [0.1, 0.15) is 5.82 Å². The van der Waals surface area contributed by atoms with Crippen LogP contribution in [-0.2, 0) is 6.42 Å². The van der Waals surface area contributed by atoms with Gasteiger partial charge in [0.15, 0.2) is 0 Å². The van der Waals surface area contributed by atoms with E-state index in [9.17, 15) is 9.50 Å². The minimum atomic E-state index is -0.698. The summed E-state index contributed by atoms with van der Waals surface area (Å²) in [4.78, 5) is 3.99. The van der Waals surface area contributed by atoms with Crippen LogP contribution in [0.1, 0.15) is 17.2 Å². The molecule has 1 atom stereocenters. The van der Waals surface area contributed by atoms with Gasteiger partial charge in [0, 0.05) is 28.9 Å². The standard InChI is InChI=1S/C13H10BrClFNO/c14-10-5-9(6-17-7-10)13(18)4-8-1-2-12(16)11(15)3-8/h1-3,5-7,13,18H,4H2. The predicted octanol–water partition coefficient (Wildman–Crippen LogP) is 3.91. The van der Waals surface area contributed by atoms with Gasteiger partial charge in [-0.3, -0.25) is 4.98 Å². The van der Waals surface area contributed by atoms with E-state index in [1.165, 1.54) is 12.1 Å². The van der Waals surface area contributed by atoms with Crippen molar-refractivity contribution in [3.05, 3.63) is 63.1 Å². The number of aromatic nitrogens is 1. The van der Waals surface area contributed by atoms with Crippen LogP contribution in [0.15, 0.2) is 41.1 Å². The van der Waals surface area contributed by atoms with Crippen LogP contribution in [0.25, 0.3) is 0 Å². The second-order valence-electron chi connectivity index (χ2n) is 3.90. The van der Waals surface area contributed by atoms with Gasteiger partial charge in [0.25, 0.3) is 0 Å². The Morgan fingerprint density at radius 3 is 2.78 bits per heavy atom. The van der Waals surface area contributed by atoms with Crippen LogP contribution in [0.4, 0.5) is 4.39 Å². The SMILES string of the molecule is OC(Cc1ccc(F)c(Cl)c1)c1cncc(Br)c1. The highest BCUT2D eigenvalue weighted by Gasteiger charge is 2.10. The largest absolute Gasteiger partial charge is 0.388 e. The second kappa shape index (κ2) is 5.78. The third-order valence-electron chi connectivity index (χ3n) is 2.52. The highest BCUT2D eigenvalue weighted by Crippen LogP contribution is 2.23. The molecule has 0 amide bonds. The van der Waals surface area contributed by atoms with Gasteiger partial charge in [-0.2, -0.15) is 0 Å². The Morgan fingerprint density at radius 2 is 2.11 bits per heavy atom. The maximum absolute atomic E-state index is 13.0. The molecular weight excluding hydrogens is 321 g/mol. The van der Waals surface area contributed by atoms with E-state index in [2.05, 4.69) is 20.9 Å². The van der Waals surface area contributed by atoms with Crippen LogP contribution in [0.5, 0.6) is 0 Å². The summed E-state index contributed by atoms with van der Waals surface area (Å²) in [5.41, 5.74) is 1.47. The minimum absolute atomic E-state index is 0.0621. The second-order valence-corrected chi connectivity index (χ2v) is 5.23. The molecule has 1 heterocycles. The molecule has 5 heteroatoms. The quantitative estimate of drug-likeness (QED) is 0.925. The molecule has 18 heavy (non-hydrogen) atoms. The molecule has 0 aliphatic carbocycles. The lowest BCUT2D eigenvalue weighted by Gasteiger charge is -2.11. The summed E-state index contributed by atoms with van der Waals surface area (Å²) in [5, 5.41) is 10.1. The van der Waals surface area contributed by atoms with Gasteiger partial charge in [-0.1, -0.05) is 17.7 Å². The van der Waals surface area contributed by atoms with E-state index in [0.717, 1.165) is 10.0 Å². The summed E-state index contributed by atoms with van der Waals surface area (Å²) in [6.07, 6.45) is 2.90. The molecule has 0 spiro atoms. The van der Waals surface area contributed by atoms with Crippen LogP contribution in [0.3, 0.4) is 0 Å². The monoisotopic (exact) mass is 329 g/mol. The van der Waals surface area contributed by atoms with E-state index in [1.807, 2.05) is 0 Å². The predicted molar refractivity (Wildman–Crippen MR) is 72.0 cm³/mol. The molecule has 94 valence electrons. The van der Waals surface area contributed by atoms with Gasteiger partial charge in [-0.25, -0.2) is 4.39 Å². The van der Waals surface area contributed by atoms with Gasteiger partial charge < -0.3 is 5.11 Å². The van der Waals surface area contributed by atoms with Crippen LogP contribution >= 0.6 is 27.5 Å². The van der Waals surface area contributed by atoms with Crippen LogP contribution in [-0.4, -0.2) is 10.1 Å². The van der Waals surface area contributed by atoms with E-state index >= 15 is 0 Å². The lowest BCUT2D eigenvalue weighted by atomic mass is 10.0. The fourth-order valence-corrected chi connectivity index (χ4v) is 2.20. The van der Waals surface area contributed by atoms with Crippen molar-refractivity contribution in [1.82, 2.24) is 4.98 Å². The van der Waals surface area contributed by atoms with Crippen molar-refractivity contribution in [3.63, 3.8) is 0 Å². The van der Waals surface area contributed by atoms with Crippen molar-refractivity contribution >= 4 is 27.5 Å². The number of aliphatic hydroxyl groups excluding tert-OH is 1. The molecule has 1 unspecified atom stereocenters. The van der Waals surface area contributed by atoms with E-state index in [0.29, 0.717) is 12.0 Å². The first-order valence-electron chi connectivity index (χ1n) is 5.28. The van der Waals surface area contributed by atoms with E-state index in [1.54, 1.807) is 24.5 Å². The first-order chi connectivity index (χ1) is 8.56. The van der Waals surface area contributed by atoms with E-state index < -0.39 is 11.9 Å². The molecule has 0 saturated heterocycles. The number of nitrogens with zero attached hydrogens (tertiary/aromatic N) is 1. The molecule has 2 aromatic rings. The summed E-state index contributed by atoms with van der Waals surface area (Å²) in [6.45, 7) is 0. The summed E-state index contributed by atoms with van der Waals surface area (Å²) in [7, 11) is 0. The summed E-state index contributed by atoms with van der Waals surface area (Å²) >= 11 is 8.98. The topological polar surface area (TPSA) is 33.1 Å². The van der Waals surface area contributed by atoms with Crippen molar-refractivity contribution in [2.45, 2.75) is 12.5 Å². The minimum Gasteiger partial charge on any atom is -0.388 e. The maximum Gasteiger partial charge on any atom is 0.141 e. The van der Waals surface area contributed by atoms with Gasteiger partial charge >= 0.3 is 0 Å². The lowest BCUT2D eigenvalue weighted by Crippen LogP contribution is -2.02. The van der Waals surface area contributed by atoms with Gasteiger partial charge in [0.05, 0.1) is 11.1 Å². The number of halogens is 3. The molecule has 2 nitrogen and oxygen atoms in total. The first kappa shape index (κ1) is 13.5. The fraction of sp³-hybridized carbons (Fsp3) is 0.154. The first-order valence-corrected chi connectivity index (χ1v) is 6.46. The number of pyridine rings is 1. The van der Waals surface area contributed by atoms with Crippen molar-refractivity contribution in [3.8, 4) is 0 Å². The van der Waals surface area contributed by atoms with Gasteiger partial charge in [-0.15, -0.1) is 0 Å². The van der Waals surface area contributed by atoms with E-state index in [4.69, 9.17) is 11.6 Å². The number of benzene rings is 1. The number of aliphatic hydroxyl groups is 1. The fourth-order valence-electron chi connectivity index (χ4n) is 1.62. The molecule has 1 N–H and O–H groups in total. The number of hydrogen-bond donors (Lipinski definition) is 1. The van der Waals surface area contributed by atoms with Crippen molar-refractivity contribution in [1.29, 1.82) is 0 Å². The molecular formula is C13H10BrClFNO. The Morgan fingerprint density at radius 1 is 1.33 bits per heavy atom. The molecule has 0 radical (unpaired) electrons. The van der Waals surface area contributed by atoms with E-state index in [-0.39, 0.29) is 5.02 Å². The van der Waals surface area contributed by atoms with Crippen LogP contribution in [0, 0.1) is 5.82 Å². The average molecular weight is 331 g/mol. The molecule has 0 fully saturated rings. The van der Waals surface area contributed by atoms with Crippen molar-refractivity contribution in [2.75, 3.05) is 0 Å². The van der Waals surface area contributed by atoms with Gasteiger partial charge in [-0.05, 0) is 39.7 Å². The van der Waals surface area contributed by atoms with Crippen molar-refractivity contribution < 1.29 is 9.50 Å². The Bertz CT molecular complexity index is 564.